The number of nitrogens with zero attached hydrogens (tertiary/aromatic N) is 4. The van der Waals surface area contributed by atoms with E-state index in [0.717, 1.165) is 37.6 Å². The van der Waals surface area contributed by atoms with Gasteiger partial charge in [-0.25, -0.2) is 0 Å². The largest absolute Gasteiger partial charge is 0.467 e. The van der Waals surface area contributed by atoms with Crippen molar-refractivity contribution in [2.75, 3.05) is 30.1 Å². The highest BCUT2D eigenvalue weighted by molar-refractivity contribution is 8.00. The van der Waals surface area contributed by atoms with Gasteiger partial charge in [-0.2, -0.15) is 0 Å². The molecule has 1 N–H and O–H groups in total. The summed E-state index contributed by atoms with van der Waals surface area (Å²) in [5, 5.41) is 12.1. The van der Waals surface area contributed by atoms with E-state index in [1.165, 1.54) is 11.8 Å². The quantitative estimate of drug-likeness (QED) is 0.558. The van der Waals surface area contributed by atoms with Crippen LogP contribution in [0, 0.1) is 0 Å². The van der Waals surface area contributed by atoms with E-state index < -0.39 is 0 Å². The zero-order chi connectivity index (χ0) is 21.2. The lowest BCUT2D eigenvalue weighted by atomic mass is 10.2. The van der Waals surface area contributed by atoms with Gasteiger partial charge in [0, 0.05) is 24.8 Å². The Morgan fingerprint density at radius 3 is 2.84 bits per heavy atom. The zero-order valence-electron chi connectivity index (χ0n) is 17.1. The van der Waals surface area contributed by atoms with Crippen LogP contribution in [0.4, 0.5) is 11.6 Å². The van der Waals surface area contributed by atoms with Gasteiger partial charge in [0.1, 0.15) is 5.76 Å². The van der Waals surface area contributed by atoms with Crippen LogP contribution in [-0.4, -0.2) is 45.8 Å². The summed E-state index contributed by atoms with van der Waals surface area (Å²) in [6, 6.07) is 9.15. The molecule has 162 valence electrons. The molecule has 3 aromatic rings. The summed E-state index contributed by atoms with van der Waals surface area (Å²) in [7, 11) is 0. The molecule has 0 aliphatic carbocycles. The molecule has 1 atom stereocenters. The summed E-state index contributed by atoms with van der Waals surface area (Å²) in [5.74, 6) is 2.82. The Morgan fingerprint density at radius 1 is 1.19 bits per heavy atom. The molecule has 2 aliphatic rings. The van der Waals surface area contributed by atoms with Gasteiger partial charge in [0.25, 0.3) is 0 Å². The van der Waals surface area contributed by atoms with Crippen LogP contribution in [0.25, 0.3) is 0 Å². The lowest BCUT2D eigenvalue weighted by Crippen LogP contribution is -2.24. The summed E-state index contributed by atoms with van der Waals surface area (Å²) in [5.41, 5.74) is 0.663. The maximum atomic E-state index is 12.8. The van der Waals surface area contributed by atoms with Crippen LogP contribution in [0.2, 0.25) is 0 Å². The minimum atomic E-state index is -0.378. The Labute approximate surface area is 183 Å². The number of carbonyl (C=O) groups is 1. The number of fused-ring (bicyclic) bond motifs is 1. The summed E-state index contributed by atoms with van der Waals surface area (Å²) < 4.78 is 18.3. The third kappa shape index (κ3) is 4.20. The van der Waals surface area contributed by atoms with Crippen molar-refractivity contribution in [1.29, 1.82) is 0 Å². The molecular weight excluding hydrogens is 418 g/mol. The van der Waals surface area contributed by atoms with Crippen molar-refractivity contribution in [1.82, 2.24) is 14.8 Å². The number of furan rings is 1. The van der Waals surface area contributed by atoms with Crippen molar-refractivity contribution in [2.45, 2.75) is 36.7 Å². The van der Waals surface area contributed by atoms with Gasteiger partial charge in [-0.3, -0.25) is 9.36 Å². The number of nitrogens with one attached hydrogen (secondary N) is 1. The average molecular weight is 442 g/mol. The standard InChI is InChI=1S/C21H23N5O4S/c1-14(19(27)22-15-6-7-17-18(11-15)30-13-29-17)31-21-24-23-20(25-8-2-3-9-25)26(21)12-16-5-4-10-28-16/h4-7,10-11,14H,2-3,8-9,12-13H2,1H3,(H,22,27). The highest BCUT2D eigenvalue weighted by Gasteiger charge is 2.25. The number of thioether (sulfide) groups is 1. The Bertz CT molecular complexity index is 1060. The maximum absolute atomic E-state index is 12.8. The van der Waals surface area contributed by atoms with Crippen molar-refractivity contribution < 1.29 is 18.7 Å². The van der Waals surface area contributed by atoms with Crippen molar-refractivity contribution in [3.63, 3.8) is 0 Å². The molecule has 4 heterocycles. The second-order valence-corrected chi connectivity index (χ2v) is 8.77. The van der Waals surface area contributed by atoms with Gasteiger partial charge in [0.15, 0.2) is 16.7 Å². The minimum absolute atomic E-state index is 0.126. The molecular formula is C21H23N5O4S. The van der Waals surface area contributed by atoms with E-state index >= 15 is 0 Å². The van der Waals surface area contributed by atoms with E-state index in [9.17, 15) is 4.79 Å². The Morgan fingerprint density at radius 2 is 2.03 bits per heavy atom. The smallest absolute Gasteiger partial charge is 0.237 e. The summed E-state index contributed by atoms with van der Waals surface area (Å²) in [6.07, 6.45) is 3.94. The zero-order valence-corrected chi connectivity index (χ0v) is 17.9. The van der Waals surface area contributed by atoms with Crippen LogP contribution in [0.5, 0.6) is 11.5 Å². The predicted octanol–water partition coefficient (Wildman–Crippen LogP) is 3.37. The Hall–Kier alpha value is -3.14. The Balaban J connectivity index is 1.31. The molecule has 0 bridgehead atoms. The number of hydrogen-bond acceptors (Lipinski definition) is 8. The van der Waals surface area contributed by atoms with Crippen molar-refractivity contribution >= 4 is 29.3 Å². The monoisotopic (exact) mass is 441 g/mol. The molecule has 10 heteroatoms. The number of carbonyl (C=O) groups excluding carboxylic acids is 1. The SMILES string of the molecule is CC(Sc1nnc(N2CCCC2)n1Cc1ccco1)C(=O)Nc1ccc2c(c1)OCO2. The Kier molecular flexibility index (Phi) is 5.46. The van der Waals surface area contributed by atoms with Crippen LogP contribution >= 0.6 is 11.8 Å². The molecule has 1 saturated heterocycles. The van der Waals surface area contributed by atoms with Gasteiger partial charge in [0.05, 0.1) is 18.1 Å². The molecule has 1 unspecified atom stereocenters. The predicted molar refractivity (Wildman–Crippen MR) is 116 cm³/mol. The number of ether oxygens (including phenoxy) is 2. The molecule has 2 aliphatic heterocycles. The van der Waals surface area contributed by atoms with Crippen molar-refractivity contribution in [3.05, 3.63) is 42.4 Å². The second-order valence-electron chi connectivity index (χ2n) is 7.46. The first-order valence-electron chi connectivity index (χ1n) is 10.2. The van der Waals surface area contributed by atoms with Gasteiger partial charge in [0.2, 0.25) is 18.6 Å². The molecule has 1 amide bonds. The molecule has 31 heavy (non-hydrogen) atoms. The maximum Gasteiger partial charge on any atom is 0.237 e. The number of hydrogen-bond donors (Lipinski definition) is 1. The first-order chi connectivity index (χ1) is 15.2. The van der Waals surface area contributed by atoms with E-state index in [-0.39, 0.29) is 18.0 Å². The highest BCUT2D eigenvalue weighted by atomic mass is 32.2. The second kappa shape index (κ2) is 8.54. The molecule has 0 spiro atoms. The fourth-order valence-corrected chi connectivity index (χ4v) is 4.49. The van der Waals surface area contributed by atoms with Crippen LogP contribution in [-0.2, 0) is 11.3 Å². The fraction of sp³-hybridized carbons (Fsp3) is 0.381. The lowest BCUT2D eigenvalue weighted by molar-refractivity contribution is -0.115. The molecule has 0 radical (unpaired) electrons. The molecule has 1 aromatic carbocycles. The molecule has 9 nitrogen and oxygen atoms in total. The summed E-state index contributed by atoms with van der Waals surface area (Å²) in [6.45, 7) is 4.49. The van der Waals surface area contributed by atoms with Crippen LogP contribution in [0.1, 0.15) is 25.5 Å². The first-order valence-corrected chi connectivity index (χ1v) is 11.1. The topological polar surface area (TPSA) is 94.7 Å². The average Bonchev–Trinajstić information content (AvgIpc) is 3.56. The normalized spacial score (nSPS) is 16.0. The van der Waals surface area contributed by atoms with Gasteiger partial charge in [-0.15, -0.1) is 10.2 Å². The van der Waals surface area contributed by atoms with Gasteiger partial charge in [-0.1, -0.05) is 11.8 Å². The van der Waals surface area contributed by atoms with E-state index in [1.807, 2.05) is 23.6 Å². The number of anilines is 2. The highest BCUT2D eigenvalue weighted by Crippen LogP contribution is 2.35. The van der Waals surface area contributed by atoms with Gasteiger partial charge in [-0.05, 0) is 44.0 Å². The van der Waals surface area contributed by atoms with Gasteiger partial charge < -0.3 is 24.1 Å². The minimum Gasteiger partial charge on any atom is -0.467 e. The first kappa shape index (κ1) is 19.8. The van der Waals surface area contributed by atoms with Crippen LogP contribution in [0.3, 0.4) is 0 Å². The van der Waals surface area contributed by atoms with Crippen LogP contribution in [0.15, 0.2) is 46.2 Å². The van der Waals surface area contributed by atoms with E-state index in [4.69, 9.17) is 13.9 Å². The number of aromatic nitrogens is 3. The van der Waals surface area contributed by atoms with E-state index in [0.29, 0.717) is 28.9 Å². The van der Waals surface area contributed by atoms with Crippen LogP contribution < -0.4 is 19.7 Å². The third-order valence-corrected chi connectivity index (χ3v) is 6.35. The van der Waals surface area contributed by atoms with E-state index in [1.54, 1.807) is 24.5 Å². The summed E-state index contributed by atoms with van der Waals surface area (Å²) in [4.78, 5) is 15.1. The molecule has 0 saturated carbocycles. The van der Waals surface area contributed by atoms with E-state index in [2.05, 4.69) is 20.4 Å². The van der Waals surface area contributed by atoms with Crippen molar-refractivity contribution in [2.24, 2.45) is 0 Å². The molecule has 1 fully saturated rings. The van der Waals surface area contributed by atoms with Gasteiger partial charge >= 0.3 is 0 Å². The van der Waals surface area contributed by atoms with Crippen molar-refractivity contribution in [3.8, 4) is 11.5 Å². The number of benzene rings is 1. The number of amides is 1. The fourth-order valence-electron chi connectivity index (χ4n) is 3.65. The molecule has 2 aromatic heterocycles. The summed E-state index contributed by atoms with van der Waals surface area (Å²) >= 11 is 1.38. The molecule has 5 rings (SSSR count). The number of rotatable bonds is 7. The lowest BCUT2D eigenvalue weighted by Gasteiger charge is -2.18. The third-order valence-electron chi connectivity index (χ3n) is 5.27.